The van der Waals surface area contributed by atoms with E-state index in [0.717, 1.165) is 25.1 Å². The van der Waals surface area contributed by atoms with E-state index in [2.05, 4.69) is 13.0 Å². The van der Waals surface area contributed by atoms with E-state index in [-0.39, 0.29) is 5.91 Å². The maximum absolute atomic E-state index is 12.2. The molecule has 2 rings (SSSR count). The maximum Gasteiger partial charge on any atom is 0.240 e. The van der Waals surface area contributed by atoms with Crippen molar-refractivity contribution in [2.75, 3.05) is 13.1 Å². The third-order valence-electron chi connectivity index (χ3n) is 3.47. The minimum atomic E-state index is -0.544. The zero-order valence-electron chi connectivity index (χ0n) is 10.7. The predicted molar refractivity (Wildman–Crippen MR) is 69.6 cm³/mol. The van der Waals surface area contributed by atoms with Crippen molar-refractivity contribution < 1.29 is 4.79 Å². The Hall–Kier alpha value is -1.82. The lowest BCUT2D eigenvalue weighted by Gasteiger charge is -2.19. The lowest BCUT2D eigenvalue weighted by molar-refractivity contribution is -0.132. The molecule has 94 valence electrons. The molecule has 2 unspecified atom stereocenters. The fourth-order valence-corrected chi connectivity index (χ4v) is 2.39. The molecule has 0 radical (unpaired) electrons. The molecule has 2 atom stereocenters. The number of likely N-dealkylation sites (tertiary alicyclic amines) is 1. The third kappa shape index (κ3) is 2.89. The van der Waals surface area contributed by atoms with Crippen LogP contribution in [0.2, 0.25) is 0 Å². The Morgan fingerprint density at radius 1 is 1.50 bits per heavy atom. The quantitative estimate of drug-likeness (QED) is 0.816. The summed E-state index contributed by atoms with van der Waals surface area (Å²) in [5.74, 6) is 0.00780. The summed E-state index contributed by atoms with van der Waals surface area (Å²) in [5.41, 5.74) is 1.05. The molecule has 0 bridgehead atoms. The van der Waals surface area contributed by atoms with Gasteiger partial charge in [-0.25, -0.2) is 0 Å². The second kappa shape index (κ2) is 5.68. The number of nitrogens with zero attached hydrogens (tertiary/aromatic N) is 2. The van der Waals surface area contributed by atoms with Crippen LogP contribution in [0.15, 0.2) is 30.3 Å². The Bertz CT molecular complexity index is 449. The lowest BCUT2D eigenvalue weighted by atomic mass is 9.99. The van der Waals surface area contributed by atoms with Gasteiger partial charge in [-0.2, -0.15) is 5.26 Å². The van der Waals surface area contributed by atoms with Gasteiger partial charge in [-0.05, 0) is 24.3 Å². The first-order valence-corrected chi connectivity index (χ1v) is 6.43. The SMILES string of the molecule is CC1CCN(C(=O)C(C#N)Cc2ccccc2)C1. The van der Waals surface area contributed by atoms with E-state index in [1.165, 1.54) is 0 Å². The van der Waals surface area contributed by atoms with Crippen molar-refractivity contribution in [2.45, 2.75) is 19.8 Å². The van der Waals surface area contributed by atoms with Gasteiger partial charge >= 0.3 is 0 Å². The highest BCUT2D eigenvalue weighted by Gasteiger charge is 2.29. The van der Waals surface area contributed by atoms with Crippen molar-refractivity contribution in [2.24, 2.45) is 11.8 Å². The first-order valence-electron chi connectivity index (χ1n) is 6.43. The van der Waals surface area contributed by atoms with Gasteiger partial charge in [0.15, 0.2) is 0 Å². The van der Waals surface area contributed by atoms with E-state index in [0.29, 0.717) is 12.3 Å². The third-order valence-corrected chi connectivity index (χ3v) is 3.47. The van der Waals surface area contributed by atoms with Crippen molar-refractivity contribution in [1.29, 1.82) is 5.26 Å². The number of rotatable bonds is 3. The minimum absolute atomic E-state index is 0.00861. The zero-order chi connectivity index (χ0) is 13.0. The molecule has 1 fully saturated rings. The number of carbonyl (C=O) groups is 1. The second-order valence-corrected chi connectivity index (χ2v) is 5.05. The molecule has 1 aliphatic rings. The van der Waals surface area contributed by atoms with E-state index in [9.17, 15) is 10.1 Å². The summed E-state index contributed by atoms with van der Waals surface area (Å²) in [6.07, 6.45) is 1.57. The first kappa shape index (κ1) is 12.6. The van der Waals surface area contributed by atoms with E-state index >= 15 is 0 Å². The van der Waals surface area contributed by atoms with Crippen molar-refractivity contribution in [1.82, 2.24) is 4.90 Å². The smallest absolute Gasteiger partial charge is 0.240 e. The summed E-state index contributed by atoms with van der Waals surface area (Å²) in [4.78, 5) is 14.1. The number of carbonyl (C=O) groups excluding carboxylic acids is 1. The Balaban J connectivity index is 2.01. The summed E-state index contributed by atoms with van der Waals surface area (Å²) in [7, 11) is 0. The van der Waals surface area contributed by atoms with Crippen molar-refractivity contribution in [3.63, 3.8) is 0 Å². The van der Waals surface area contributed by atoms with Gasteiger partial charge in [0.2, 0.25) is 5.91 Å². The number of hydrogen-bond acceptors (Lipinski definition) is 2. The molecule has 0 saturated carbocycles. The fourth-order valence-electron chi connectivity index (χ4n) is 2.39. The second-order valence-electron chi connectivity index (χ2n) is 5.05. The molecule has 1 heterocycles. The highest BCUT2D eigenvalue weighted by atomic mass is 16.2. The van der Waals surface area contributed by atoms with Gasteiger partial charge in [-0.1, -0.05) is 37.3 Å². The maximum atomic E-state index is 12.2. The Kier molecular flexibility index (Phi) is 3.99. The van der Waals surface area contributed by atoms with Crippen LogP contribution in [-0.2, 0) is 11.2 Å². The van der Waals surface area contributed by atoms with Gasteiger partial charge in [0.25, 0.3) is 0 Å². The highest BCUT2D eigenvalue weighted by molar-refractivity contribution is 5.81. The standard InChI is InChI=1S/C15H18N2O/c1-12-7-8-17(11-12)15(18)14(10-16)9-13-5-3-2-4-6-13/h2-6,12,14H,7-9,11H2,1H3. The Morgan fingerprint density at radius 2 is 2.22 bits per heavy atom. The molecule has 1 amide bonds. The average Bonchev–Trinajstić information content (AvgIpc) is 2.83. The van der Waals surface area contributed by atoms with E-state index in [1.807, 2.05) is 35.2 Å². The molecule has 3 nitrogen and oxygen atoms in total. The molecule has 1 aromatic rings. The van der Waals surface area contributed by atoms with Gasteiger partial charge in [0.05, 0.1) is 6.07 Å². The average molecular weight is 242 g/mol. The topological polar surface area (TPSA) is 44.1 Å². The molecular weight excluding hydrogens is 224 g/mol. The van der Waals surface area contributed by atoms with Crippen LogP contribution in [0.5, 0.6) is 0 Å². The monoisotopic (exact) mass is 242 g/mol. The molecule has 0 aliphatic carbocycles. The van der Waals surface area contributed by atoms with Crippen LogP contribution in [0.1, 0.15) is 18.9 Å². The van der Waals surface area contributed by atoms with Gasteiger partial charge in [0, 0.05) is 13.1 Å². The number of amides is 1. The van der Waals surface area contributed by atoms with Gasteiger partial charge in [0.1, 0.15) is 5.92 Å². The first-order chi connectivity index (χ1) is 8.70. The Labute approximate surface area is 108 Å². The van der Waals surface area contributed by atoms with Crippen LogP contribution in [0, 0.1) is 23.2 Å². The van der Waals surface area contributed by atoms with Crippen molar-refractivity contribution >= 4 is 5.91 Å². The van der Waals surface area contributed by atoms with Crippen molar-refractivity contribution in [3.05, 3.63) is 35.9 Å². The zero-order valence-corrected chi connectivity index (χ0v) is 10.7. The molecule has 3 heteroatoms. The van der Waals surface area contributed by atoms with Crippen LogP contribution in [-0.4, -0.2) is 23.9 Å². The number of hydrogen-bond donors (Lipinski definition) is 0. The summed E-state index contributed by atoms with van der Waals surface area (Å²) in [6.45, 7) is 3.74. The van der Waals surface area contributed by atoms with Gasteiger partial charge < -0.3 is 4.90 Å². The fraction of sp³-hybridized carbons (Fsp3) is 0.467. The molecule has 0 N–H and O–H groups in total. The summed E-state index contributed by atoms with van der Waals surface area (Å²) in [6, 6.07) is 11.9. The minimum Gasteiger partial charge on any atom is -0.341 e. The lowest BCUT2D eigenvalue weighted by Crippen LogP contribution is -2.34. The molecule has 18 heavy (non-hydrogen) atoms. The molecule has 1 aliphatic heterocycles. The van der Waals surface area contributed by atoms with E-state index < -0.39 is 5.92 Å². The normalized spacial score (nSPS) is 20.4. The Morgan fingerprint density at radius 3 is 2.78 bits per heavy atom. The van der Waals surface area contributed by atoms with Crippen LogP contribution < -0.4 is 0 Å². The summed E-state index contributed by atoms with van der Waals surface area (Å²) < 4.78 is 0. The van der Waals surface area contributed by atoms with Crippen LogP contribution >= 0.6 is 0 Å². The van der Waals surface area contributed by atoms with Crippen LogP contribution in [0.3, 0.4) is 0 Å². The largest absolute Gasteiger partial charge is 0.341 e. The van der Waals surface area contributed by atoms with E-state index in [1.54, 1.807) is 0 Å². The number of benzene rings is 1. The number of nitriles is 1. The summed E-state index contributed by atoms with van der Waals surface area (Å²) >= 11 is 0. The molecular formula is C15H18N2O. The molecule has 1 saturated heterocycles. The van der Waals surface area contributed by atoms with E-state index in [4.69, 9.17) is 0 Å². The molecule has 0 aromatic heterocycles. The highest BCUT2D eigenvalue weighted by Crippen LogP contribution is 2.19. The van der Waals surface area contributed by atoms with Crippen LogP contribution in [0.4, 0.5) is 0 Å². The molecule has 1 aromatic carbocycles. The van der Waals surface area contributed by atoms with Crippen molar-refractivity contribution in [3.8, 4) is 6.07 Å². The summed E-state index contributed by atoms with van der Waals surface area (Å²) in [5, 5.41) is 9.19. The van der Waals surface area contributed by atoms with Gasteiger partial charge in [-0.15, -0.1) is 0 Å². The molecule has 0 spiro atoms. The predicted octanol–water partition coefficient (Wildman–Crippen LogP) is 2.24. The van der Waals surface area contributed by atoms with Crippen LogP contribution in [0.25, 0.3) is 0 Å². The van der Waals surface area contributed by atoms with Gasteiger partial charge in [-0.3, -0.25) is 4.79 Å².